The van der Waals surface area contributed by atoms with Crippen molar-refractivity contribution >= 4 is 5.57 Å². The molecule has 3 aromatic rings. The number of aromatic nitrogens is 5. The zero-order valence-corrected chi connectivity index (χ0v) is 20.1. The normalized spacial score (nSPS) is 13.1. The van der Waals surface area contributed by atoms with Crippen LogP contribution in [0.2, 0.25) is 0 Å². The zero-order chi connectivity index (χ0) is 25.9. The Morgan fingerprint density at radius 1 is 0.947 bits per heavy atom. The van der Waals surface area contributed by atoms with Gasteiger partial charge in [-0.05, 0) is 53.1 Å². The van der Waals surface area contributed by atoms with E-state index in [2.05, 4.69) is 32.2 Å². The van der Waals surface area contributed by atoms with Crippen LogP contribution in [0.15, 0.2) is 97.3 Å². The van der Waals surface area contributed by atoms with E-state index < -0.39 is 11.6 Å². The Morgan fingerprint density at radius 2 is 1.82 bits per heavy atom. The lowest BCUT2D eigenvalue weighted by Crippen LogP contribution is -2.11. The molecule has 0 saturated carbocycles. The quantitative estimate of drug-likeness (QED) is 0.280. The summed E-state index contributed by atoms with van der Waals surface area (Å²) in [4.78, 5) is 12.7. The van der Waals surface area contributed by atoms with Crippen molar-refractivity contribution in [3.63, 3.8) is 0 Å². The van der Waals surface area contributed by atoms with Crippen LogP contribution < -0.4 is 4.74 Å². The number of fused-ring (bicyclic) bond motifs is 1. The van der Waals surface area contributed by atoms with Crippen molar-refractivity contribution in [2.75, 3.05) is 6.61 Å². The lowest BCUT2D eigenvalue weighted by molar-refractivity contribution is 0.224. The van der Waals surface area contributed by atoms with Crippen molar-refractivity contribution in [1.29, 1.82) is 0 Å². The Labute approximate surface area is 217 Å². The first-order valence-electron chi connectivity index (χ1n) is 11.9. The summed E-state index contributed by atoms with van der Waals surface area (Å²) in [6.45, 7) is 1.27. The van der Waals surface area contributed by atoms with Crippen molar-refractivity contribution in [2.45, 2.75) is 13.2 Å². The molecule has 38 heavy (non-hydrogen) atoms. The largest absolute Gasteiger partial charge is 0.492 e. The molecule has 3 aliphatic rings. The molecule has 3 aliphatic heterocycles. The average molecular weight is 510 g/mol. The van der Waals surface area contributed by atoms with Gasteiger partial charge in [0, 0.05) is 6.20 Å². The number of hydrogen-bond acceptors (Lipinski definition) is 6. The first-order valence-corrected chi connectivity index (χ1v) is 11.9. The maximum Gasteiger partial charge on any atom is 0.169 e. The predicted octanol–water partition coefficient (Wildman–Crippen LogP) is 5.69. The van der Waals surface area contributed by atoms with Crippen LogP contribution in [0.5, 0.6) is 5.75 Å². The van der Waals surface area contributed by atoms with E-state index in [0.717, 1.165) is 34.3 Å². The molecule has 0 aliphatic carbocycles. The molecular weight excluding hydrogens is 488 g/mol. The van der Waals surface area contributed by atoms with Gasteiger partial charge in [0.1, 0.15) is 36.1 Å². The number of nitrogens with zero attached hydrogens (tertiary/aromatic N) is 5. The second-order valence-corrected chi connectivity index (χ2v) is 8.65. The fourth-order valence-electron chi connectivity index (χ4n) is 4.10. The molecule has 7 nitrogen and oxygen atoms in total. The molecule has 9 heteroatoms. The Balaban J connectivity index is 1.15. The molecule has 0 atom stereocenters. The lowest BCUT2D eigenvalue weighted by atomic mass is 10.0. The van der Waals surface area contributed by atoms with Gasteiger partial charge in [0.05, 0.1) is 30.7 Å². The molecule has 0 spiro atoms. The Kier molecular flexibility index (Phi) is 6.31. The number of ether oxygens (including phenoxy) is 2. The fraction of sp³-hybridized carbons (Fsp3) is 0.103. The third-order valence-corrected chi connectivity index (χ3v) is 6.04. The summed E-state index contributed by atoms with van der Waals surface area (Å²) in [5, 5.41) is 4.39. The first-order chi connectivity index (χ1) is 18.6. The fourth-order valence-corrected chi connectivity index (χ4v) is 4.10. The highest BCUT2D eigenvalue weighted by molar-refractivity contribution is 5.75. The first kappa shape index (κ1) is 23.5. The van der Waals surface area contributed by atoms with Crippen LogP contribution in [-0.4, -0.2) is 31.3 Å². The molecule has 188 valence electrons. The van der Waals surface area contributed by atoms with Gasteiger partial charge in [0.25, 0.3) is 0 Å². The Morgan fingerprint density at radius 3 is 2.66 bits per heavy atom. The van der Waals surface area contributed by atoms with E-state index in [9.17, 15) is 8.78 Å². The van der Waals surface area contributed by atoms with E-state index in [-0.39, 0.29) is 11.4 Å². The third kappa shape index (κ3) is 4.99. The third-order valence-electron chi connectivity index (χ3n) is 6.04. The minimum absolute atomic E-state index is 0.00973. The maximum atomic E-state index is 14.2. The van der Waals surface area contributed by atoms with Crippen LogP contribution in [0.1, 0.15) is 11.1 Å². The van der Waals surface area contributed by atoms with Crippen molar-refractivity contribution in [1.82, 2.24) is 24.7 Å². The van der Waals surface area contributed by atoms with Gasteiger partial charge in [-0.15, -0.1) is 0 Å². The monoisotopic (exact) mass is 509 g/mol. The maximum absolute atomic E-state index is 14.2. The van der Waals surface area contributed by atoms with Crippen molar-refractivity contribution in [3.8, 4) is 28.5 Å². The minimum atomic E-state index is -0.974. The number of rotatable bonds is 7. The Hall–Kier alpha value is -4.92. The highest BCUT2D eigenvalue weighted by atomic mass is 19.2. The van der Waals surface area contributed by atoms with Gasteiger partial charge >= 0.3 is 0 Å². The molecule has 0 bridgehead atoms. The van der Waals surface area contributed by atoms with Crippen LogP contribution >= 0.6 is 0 Å². The zero-order valence-electron chi connectivity index (χ0n) is 20.1. The van der Waals surface area contributed by atoms with Gasteiger partial charge in [-0.3, -0.25) is 9.67 Å². The minimum Gasteiger partial charge on any atom is -0.492 e. The summed E-state index contributed by atoms with van der Waals surface area (Å²) in [7, 11) is 0. The van der Waals surface area contributed by atoms with Gasteiger partial charge in [-0.2, -0.15) is 5.10 Å². The number of benzene rings is 2. The van der Waals surface area contributed by atoms with Gasteiger partial charge in [-0.1, -0.05) is 30.3 Å². The summed E-state index contributed by atoms with van der Waals surface area (Å²) in [5.41, 5.74) is 4.19. The number of hydrogen-bond donors (Lipinski definition) is 0. The molecule has 1 aromatic heterocycles. The second kappa shape index (κ2) is 10.2. The van der Waals surface area contributed by atoms with Gasteiger partial charge < -0.3 is 9.47 Å². The highest BCUT2D eigenvalue weighted by Crippen LogP contribution is 2.28. The van der Waals surface area contributed by atoms with Crippen LogP contribution in [0.25, 0.3) is 28.3 Å². The summed E-state index contributed by atoms with van der Waals surface area (Å²) >= 11 is 0. The standard InChI is InChI=1S/C29H21F2N5O2/c30-25-5-1-4-24(28(25)31)29-34-26-15-33-36(17-27(26)35-29)16-23-13-21(10-12-37-23)20-8-6-19(7-9-20)18-38-22-3-2-11-32-14-22/h1-11,13-15,17H,12,16,18H2. The average Bonchev–Trinajstić information content (AvgIpc) is 3.38. The molecular formula is C29H21F2N5O2. The molecule has 0 N–H and O–H groups in total. The molecule has 0 unspecified atom stereocenters. The van der Waals surface area contributed by atoms with E-state index in [0.29, 0.717) is 31.1 Å². The van der Waals surface area contributed by atoms with Gasteiger partial charge in [-0.25, -0.2) is 18.7 Å². The lowest BCUT2D eigenvalue weighted by Gasteiger charge is -2.17. The molecule has 4 heterocycles. The van der Waals surface area contributed by atoms with Crippen molar-refractivity contribution in [2.24, 2.45) is 0 Å². The van der Waals surface area contributed by atoms with Crippen LogP contribution in [0.4, 0.5) is 8.78 Å². The smallest absolute Gasteiger partial charge is 0.169 e. The van der Waals surface area contributed by atoms with E-state index in [1.54, 1.807) is 29.5 Å². The SMILES string of the molecule is Fc1cccc(-c2nc3cnn(CC4=CC(c5ccc(COc6cccnc6)cc5)=CCO4)cc-3n2)c1F. The Bertz CT molecular complexity index is 1610. The van der Waals surface area contributed by atoms with Gasteiger partial charge in [0.2, 0.25) is 0 Å². The summed E-state index contributed by atoms with van der Waals surface area (Å²) in [6, 6.07) is 15.8. The van der Waals surface area contributed by atoms with E-state index in [1.165, 1.54) is 12.1 Å². The second-order valence-electron chi connectivity index (χ2n) is 8.65. The van der Waals surface area contributed by atoms with Crippen LogP contribution in [0, 0.1) is 11.6 Å². The predicted molar refractivity (Wildman–Crippen MR) is 137 cm³/mol. The van der Waals surface area contributed by atoms with E-state index in [4.69, 9.17) is 9.47 Å². The highest BCUT2D eigenvalue weighted by Gasteiger charge is 2.18. The molecule has 2 aromatic carbocycles. The molecule has 6 rings (SSSR count). The molecule has 0 amide bonds. The van der Waals surface area contributed by atoms with Crippen LogP contribution in [-0.2, 0) is 17.9 Å². The molecule has 0 saturated heterocycles. The number of imidazole rings is 1. The van der Waals surface area contributed by atoms with E-state index >= 15 is 0 Å². The van der Waals surface area contributed by atoms with Gasteiger partial charge in [0.15, 0.2) is 17.5 Å². The molecule has 0 radical (unpaired) electrons. The number of halogens is 2. The van der Waals surface area contributed by atoms with Crippen molar-refractivity contribution in [3.05, 3.63) is 120 Å². The molecule has 0 fully saturated rings. The summed E-state index contributed by atoms with van der Waals surface area (Å²) < 4.78 is 41.1. The van der Waals surface area contributed by atoms with Crippen molar-refractivity contribution < 1.29 is 18.3 Å². The number of pyridine rings is 1. The number of allylic oxidation sites excluding steroid dienone is 3. The van der Waals surface area contributed by atoms with E-state index in [1.807, 2.05) is 36.4 Å². The van der Waals surface area contributed by atoms with Crippen LogP contribution in [0.3, 0.4) is 0 Å². The summed E-state index contributed by atoms with van der Waals surface area (Å²) in [5.74, 6) is -0.339. The summed E-state index contributed by atoms with van der Waals surface area (Å²) in [6.07, 6.45) is 10.7. The topological polar surface area (TPSA) is 75.0 Å².